The summed E-state index contributed by atoms with van der Waals surface area (Å²) in [6.45, 7) is 3.41. The Bertz CT molecular complexity index is 766. The van der Waals surface area contributed by atoms with Gasteiger partial charge in [0.15, 0.2) is 6.20 Å². The van der Waals surface area contributed by atoms with Crippen LogP contribution in [0.5, 0.6) is 0 Å². The fraction of sp³-hybridized carbons (Fsp3) is 0.409. The van der Waals surface area contributed by atoms with Gasteiger partial charge in [0, 0.05) is 18.6 Å². The summed E-state index contributed by atoms with van der Waals surface area (Å²) in [4.78, 5) is 0. The van der Waals surface area contributed by atoms with Crippen molar-refractivity contribution in [1.29, 1.82) is 0 Å². The van der Waals surface area contributed by atoms with Crippen molar-refractivity contribution in [3.63, 3.8) is 0 Å². The molecule has 0 bridgehead atoms. The van der Waals surface area contributed by atoms with Gasteiger partial charge in [-0.25, -0.2) is 0 Å². The number of unbranched alkanes of at least 4 members (excludes halogenated alkanes) is 6. The van der Waals surface area contributed by atoms with Crippen molar-refractivity contribution in [2.45, 2.75) is 58.4 Å². The van der Waals surface area contributed by atoms with Crippen molar-refractivity contribution in [3.8, 4) is 0 Å². The minimum absolute atomic E-state index is 0. The lowest BCUT2D eigenvalue weighted by Gasteiger charge is -2.05. The van der Waals surface area contributed by atoms with Gasteiger partial charge in [0.2, 0.25) is 5.52 Å². The van der Waals surface area contributed by atoms with Crippen molar-refractivity contribution < 1.29 is 21.5 Å². The number of fused-ring (bicyclic) bond motifs is 3. The van der Waals surface area contributed by atoms with E-state index in [1.807, 2.05) is 0 Å². The third kappa shape index (κ3) is 4.57. The minimum atomic E-state index is 0. The number of nitrogens with zero attached hydrogens (tertiary/aromatic N) is 1. The molecule has 2 heteroatoms. The highest BCUT2D eigenvalue weighted by molar-refractivity contribution is 6.04. The number of hydrogen-bond acceptors (Lipinski definition) is 0. The smallest absolute Gasteiger partial charge is 0.213 e. The average Bonchev–Trinajstić information content (AvgIpc) is 2.61. The molecule has 0 amide bonds. The van der Waals surface area contributed by atoms with Crippen LogP contribution in [0.25, 0.3) is 21.7 Å². The molecule has 24 heavy (non-hydrogen) atoms. The van der Waals surface area contributed by atoms with E-state index in [0.29, 0.717) is 0 Å². The SMILES string of the molecule is CCCCCCCCC[n+]1cccc2c3ccccc3ccc21.[Br-]. The first kappa shape index (κ1) is 18.9. The first-order valence-electron chi connectivity index (χ1n) is 9.20. The van der Waals surface area contributed by atoms with E-state index in [-0.39, 0.29) is 17.0 Å². The fourth-order valence-electron chi connectivity index (χ4n) is 3.47. The molecule has 0 aliphatic rings. The van der Waals surface area contributed by atoms with Crippen molar-refractivity contribution in [2.75, 3.05) is 0 Å². The van der Waals surface area contributed by atoms with Crippen LogP contribution in [-0.4, -0.2) is 0 Å². The molecule has 0 aliphatic heterocycles. The molecule has 128 valence electrons. The molecular formula is C22H28BrN. The number of rotatable bonds is 8. The number of aromatic nitrogens is 1. The Labute approximate surface area is 156 Å². The number of aryl methyl sites for hydroxylation is 1. The van der Waals surface area contributed by atoms with Crippen molar-refractivity contribution in [3.05, 3.63) is 54.7 Å². The summed E-state index contributed by atoms with van der Waals surface area (Å²) in [5.74, 6) is 0. The predicted octanol–water partition coefficient (Wildman–Crippen LogP) is 3.04. The molecule has 0 saturated heterocycles. The first-order chi connectivity index (χ1) is 11.4. The minimum Gasteiger partial charge on any atom is -1.00 e. The van der Waals surface area contributed by atoms with Crippen LogP contribution in [-0.2, 0) is 6.54 Å². The monoisotopic (exact) mass is 385 g/mol. The first-order valence-corrected chi connectivity index (χ1v) is 9.20. The van der Waals surface area contributed by atoms with E-state index in [4.69, 9.17) is 0 Å². The maximum absolute atomic E-state index is 2.42. The molecule has 0 aliphatic carbocycles. The molecule has 0 unspecified atom stereocenters. The molecule has 1 aromatic heterocycles. The van der Waals surface area contributed by atoms with E-state index < -0.39 is 0 Å². The van der Waals surface area contributed by atoms with E-state index in [0.717, 1.165) is 6.54 Å². The molecule has 2 aromatic carbocycles. The molecule has 3 aromatic rings. The molecule has 0 atom stereocenters. The summed E-state index contributed by atoms with van der Waals surface area (Å²) in [5, 5.41) is 4.06. The van der Waals surface area contributed by atoms with Crippen LogP contribution in [0.15, 0.2) is 54.7 Å². The number of halogens is 1. The zero-order valence-corrected chi connectivity index (χ0v) is 16.3. The highest BCUT2D eigenvalue weighted by Gasteiger charge is 2.10. The van der Waals surface area contributed by atoms with Crippen LogP contribution >= 0.6 is 0 Å². The Balaban J connectivity index is 0.00000208. The van der Waals surface area contributed by atoms with Gasteiger partial charge in [-0.3, -0.25) is 0 Å². The maximum Gasteiger partial charge on any atom is 0.213 e. The van der Waals surface area contributed by atoms with Crippen molar-refractivity contribution in [2.24, 2.45) is 0 Å². The summed E-state index contributed by atoms with van der Waals surface area (Å²) in [6.07, 6.45) is 11.8. The zero-order chi connectivity index (χ0) is 15.9. The quantitative estimate of drug-likeness (QED) is 0.318. The summed E-state index contributed by atoms with van der Waals surface area (Å²) >= 11 is 0. The van der Waals surface area contributed by atoms with Crippen LogP contribution in [0, 0.1) is 0 Å². The van der Waals surface area contributed by atoms with Crippen LogP contribution in [0.3, 0.4) is 0 Å². The number of benzene rings is 2. The van der Waals surface area contributed by atoms with E-state index in [1.165, 1.54) is 66.6 Å². The molecule has 1 nitrogen and oxygen atoms in total. The highest BCUT2D eigenvalue weighted by Crippen LogP contribution is 2.22. The molecule has 1 heterocycles. The summed E-state index contributed by atoms with van der Waals surface area (Å²) < 4.78 is 2.42. The van der Waals surface area contributed by atoms with Gasteiger partial charge >= 0.3 is 0 Å². The highest BCUT2D eigenvalue weighted by atomic mass is 79.9. The van der Waals surface area contributed by atoms with Gasteiger partial charge in [-0.15, -0.1) is 0 Å². The van der Waals surface area contributed by atoms with Gasteiger partial charge in [-0.05, 0) is 29.3 Å². The fourth-order valence-corrected chi connectivity index (χ4v) is 3.47. The Hall–Kier alpha value is -1.41. The average molecular weight is 386 g/mol. The topological polar surface area (TPSA) is 3.88 Å². The third-order valence-electron chi connectivity index (χ3n) is 4.79. The Morgan fingerprint density at radius 1 is 0.708 bits per heavy atom. The second-order valence-electron chi connectivity index (χ2n) is 6.54. The standard InChI is InChI=1S/C22H28N.BrH/c1-2-3-4-5-6-7-10-17-23-18-11-14-21-20-13-9-8-12-19(20)15-16-22(21)23;/h8-9,11-16,18H,2-7,10,17H2,1H3;1H/q+1;/p-1. The lowest BCUT2D eigenvalue weighted by molar-refractivity contribution is -0.671. The van der Waals surface area contributed by atoms with Crippen LogP contribution in [0.1, 0.15) is 51.9 Å². The van der Waals surface area contributed by atoms with E-state index in [1.54, 1.807) is 0 Å². The second-order valence-corrected chi connectivity index (χ2v) is 6.54. The lowest BCUT2D eigenvalue weighted by atomic mass is 10.0. The molecule has 0 spiro atoms. The van der Waals surface area contributed by atoms with Gasteiger partial charge in [0.05, 0.1) is 5.39 Å². The Kier molecular flexibility index (Phi) is 7.71. The van der Waals surface area contributed by atoms with Gasteiger partial charge in [-0.1, -0.05) is 63.3 Å². The number of pyridine rings is 1. The van der Waals surface area contributed by atoms with E-state index in [9.17, 15) is 0 Å². The largest absolute Gasteiger partial charge is 1.00 e. The van der Waals surface area contributed by atoms with Gasteiger partial charge in [0.25, 0.3) is 0 Å². The van der Waals surface area contributed by atoms with Gasteiger partial charge in [-0.2, -0.15) is 4.57 Å². The molecular weight excluding hydrogens is 358 g/mol. The zero-order valence-electron chi connectivity index (χ0n) is 14.7. The Morgan fingerprint density at radius 3 is 2.25 bits per heavy atom. The predicted molar refractivity (Wildman–Crippen MR) is 99.6 cm³/mol. The van der Waals surface area contributed by atoms with Crippen molar-refractivity contribution in [1.82, 2.24) is 0 Å². The molecule has 0 N–H and O–H groups in total. The summed E-state index contributed by atoms with van der Waals surface area (Å²) in [6, 6.07) is 17.6. The van der Waals surface area contributed by atoms with Gasteiger partial charge < -0.3 is 17.0 Å². The molecule has 0 saturated carbocycles. The third-order valence-corrected chi connectivity index (χ3v) is 4.79. The number of hydrogen-bond donors (Lipinski definition) is 0. The Morgan fingerprint density at radius 2 is 1.42 bits per heavy atom. The van der Waals surface area contributed by atoms with Crippen molar-refractivity contribution >= 4 is 21.7 Å². The molecule has 0 fully saturated rings. The van der Waals surface area contributed by atoms with E-state index >= 15 is 0 Å². The van der Waals surface area contributed by atoms with Crippen LogP contribution in [0.2, 0.25) is 0 Å². The molecule has 0 radical (unpaired) electrons. The normalized spacial score (nSPS) is 10.9. The van der Waals surface area contributed by atoms with Crippen LogP contribution < -0.4 is 21.5 Å². The summed E-state index contributed by atoms with van der Waals surface area (Å²) in [5.41, 5.74) is 1.36. The molecule has 3 rings (SSSR count). The maximum atomic E-state index is 2.42. The van der Waals surface area contributed by atoms with Gasteiger partial charge in [0.1, 0.15) is 6.54 Å². The van der Waals surface area contributed by atoms with Crippen LogP contribution in [0.4, 0.5) is 0 Å². The van der Waals surface area contributed by atoms with E-state index in [2.05, 4.69) is 66.2 Å². The lowest BCUT2D eigenvalue weighted by Crippen LogP contribution is -3.00. The second kappa shape index (κ2) is 9.78. The summed E-state index contributed by atoms with van der Waals surface area (Å²) in [7, 11) is 0.